The second-order valence-electron chi connectivity index (χ2n) is 9.34. The number of ether oxygens (including phenoxy) is 1. The Bertz CT molecular complexity index is 1050. The van der Waals surface area contributed by atoms with Gasteiger partial charge in [-0.25, -0.2) is 0 Å². The maximum absolute atomic E-state index is 11.5. The standard InChI is InChI=1S/C28H32ClNO2/c1-18(2)21-5-7-22(8-6-21)19(3)17-32-25-11-12-26-20(4)24(10-9-23(26)15-25)16-30-14-13-27(30)28(29)31/h5-8,11-15,18-19,27H,9-10,16-17H2,1-4H3. The van der Waals surface area contributed by atoms with Crippen molar-refractivity contribution in [3.05, 3.63) is 82.6 Å². The fourth-order valence-corrected chi connectivity index (χ4v) is 4.69. The van der Waals surface area contributed by atoms with E-state index in [-0.39, 0.29) is 11.3 Å². The molecule has 0 fully saturated rings. The zero-order valence-electron chi connectivity index (χ0n) is 19.4. The number of nitrogens with zero attached hydrogens (tertiary/aromatic N) is 1. The Kier molecular flexibility index (Phi) is 6.76. The van der Waals surface area contributed by atoms with E-state index in [1.807, 2.05) is 17.2 Å². The van der Waals surface area contributed by atoms with Crippen molar-refractivity contribution < 1.29 is 9.53 Å². The van der Waals surface area contributed by atoms with E-state index in [1.165, 1.54) is 33.4 Å². The summed E-state index contributed by atoms with van der Waals surface area (Å²) in [6, 6.07) is 15.1. The minimum Gasteiger partial charge on any atom is -0.493 e. The van der Waals surface area contributed by atoms with Crippen molar-refractivity contribution in [2.24, 2.45) is 0 Å². The summed E-state index contributed by atoms with van der Waals surface area (Å²) in [7, 11) is 0. The summed E-state index contributed by atoms with van der Waals surface area (Å²) in [6.07, 6.45) is 5.79. The third-order valence-electron chi connectivity index (χ3n) is 6.80. The number of hydrogen-bond donors (Lipinski definition) is 0. The van der Waals surface area contributed by atoms with Gasteiger partial charge >= 0.3 is 0 Å². The van der Waals surface area contributed by atoms with Crippen LogP contribution in [0.1, 0.15) is 68.2 Å². The summed E-state index contributed by atoms with van der Waals surface area (Å²) >= 11 is 5.68. The zero-order chi connectivity index (χ0) is 22.8. The highest BCUT2D eigenvalue weighted by atomic mass is 35.5. The molecule has 4 rings (SSSR count). The van der Waals surface area contributed by atoms with Gasteiger partial charge in [0.1, 0.15) is 11.8 Å². The number of hydrogen-bond acceptors (Lipinski definition) is 3. The maximum Gasteiger partial charge on any atom is 0.248 e. The number of benzene rings is 2. The quantitative estimate of drug-likeness (QED) is 0.421. The van der Waals surface area contributed by atoms with E-state index in [1.54, 1.807) is 0 Å². The van der Waals surface area contributed by atoms with Gasteiger partial charge in [-0.2, -0.15) is 0 Å². The molecule has 0 amide bonds. The number of halogens is 1. The van der Waals surface area contributed by atoms with Crippen LogP contribution < -0.4 is 4.74 Å². The van der Waals surface area contributed by atoms with Gasteiger partial charge in [0.05, 0.1) is 6.61 Å². The molecule has 0 aromatic heterocycles. The molecule has 2 atom stereocenters. The van der Waals surface area contributed by atoms with Crippen LogP contribution in [-0.4, -0.2) is 29.3 Å². The van der Waals surface area contributed by atoms with Crippen LogP contribution >= 0.6 is 11.6 Å². The summed E-state index contributed by atoms with van der Waals surface area (Å²) < 4.78 is 6.17. The van der Waals surface area contributed by atoms with Crippen molar-refractivity contribution in [2.45, 2.75) is 58.4 Å². The lowest BCUT2D eigenvalue weighted by Gasteiger charge is -2.35. The largest absolute Gasteiger partial charge is 0.493 e. The van der Waals surface area contributed by atoms with Gasteiger partial charge < -0.3 is 9.64 Å². The van der Waals surface area contributed by atoms with E-state index in [0.29, 0.717) is 18.4 Å². The molecule has 0 spiro atoms. The Morgan fingerprint density at radius 2 is 1.81 bits per heavy atom. The molecule has 0 radical (unpaired) electrons. The highest BCUT2D eigenvalue weighted by molar-refractivity contribution is 6.65. The fraction of sp³-hybridized carbons (Fsp3) is 0.393. The van der Waals surface area contributed by atoms with Gasteiger partial charge in [0.25, 0.3) is 0 Å². The summed E-state index contributed by atoms with van der Waals surface area (Å²) in [6.45, 7) is 10.3. The Morgan fingerprint density at radius 1 is 1.09 bits per heavy atom. The molecule has 0 saturated carbocycles. The topological polar surface area (TPSA) is 29.5 Å². The zero-order valence-corrected chi connectivity index (χ0v) is 20.2. The van der Waals surface area contributed by atoms with Crippen molar-refractivity contribution in [2.75, 3.05) is 13.2 Å². The van der Waals surface area contributed by atoms with Crippen LogP contribution in [0.3, 0.4) is 0 Å². The average molecular weight is 450 g/mol. The number of fused-ring (bicyclic) bond motifs is 1. The first-order valence-corrected chi connectivity index (χ1v) is 11.9. The minimum absolute atomic E-state index is 0.280. The van der Waals surface area contributed by atoms with E-state index in [2.05, 4.69) is 70.2 Å². The van der Waals surface area contributed by atoms with E-state index >= 15 is 0 Å². The van der Waals surface area contributed by atoms with Gasteiger partial charge in [-0.15, -0.1) is 0 Å². The Hall–Kier alpha value is -2.52. The smallest absolute Gasteiger partial charge is 0.248 e. The molecule has 1 aliphatic carbocycles. The Balaban J connectivity index is 1.39. The molecule has 2 aliphatic rings. The maximum atomic E-state index is 11.5. The molecule has 4 heteroatoms. The molecule has 2 aromatic rings. The van der Waals surface area contributed by atoms with Gasteiger partial charge in [-0.1, -0.05) is 51.1 Å². The number of rotatable bonds is 8. The fourth-order valence-electron chi connectivity index (χ4n) is 4.49. The van der Waals surface area contributed by atoms with Gasteiger partial charge in [0.2, 0.25) is 5.24 Å². The Morgan fingerprint density at radius 3 is 2.44 bits per heavy atom. The lowest BCUT2D eigenvalue weighted by Crippen LogP contribution is -2.42. The first-order valence-electron chi connectivity index (χ1n) is 11.5. The van der Waals surface area contributed by atoms with Crippen molar-refractivity contribution >= 4 is 22.4 Å². The predicted octanol–water partition coefficient (Wildman–Crippen LogP) is 6.68. The van der Waals surface area contributed by atoms with Crippen LogP contribution in [0, 0.1) is 0 Å². The number of carbonyl (C=O) groups excluding carboxylic acids is 1. The number of allylic oxidation sites excluding steroid dienone is 1. The lowest BCUT2D eigenvalue weighted by atomic mass is 9.85. The van der Waals surface area contributed by atoms with Crippen molar-refractivity contribution in [1.29, 1.82) is 0 Å². The molecular weight excluding hydrogens is 418 g/mol. The van der Waals surface area contributed by atoms with Gasteiger partial charge in [-0.05, 0) is 95.1 Å². The predicted molar refractivity (Wildman–Crippen MR) is 132 cm³/mol. The molecule has 0 saturated heterocycles. The first kappa shape index (κ1) is 22.7. The van der Waals surface area contributed by atoms with Crippen LogP contribution in [0.2, 0.25) is 0 Å². The molecule has 1 heterocycles. The average Bonchev–Trinajstić information content (AvgIpc) is 2.75. The van der Waals surface area contributed by atoms with Gasteiger partial charge in [-0.3, -0.25) is 4.79 Å². The molecule has 0 bridgehead atoms. The molecule has 2 aromatic carbocycles. The molecule has 2 unspecified atom stereocenters. The molecule has 168 valence electrons. The second-order valence-corrected chi connectivity index (χ2v) is 9.72. The lowest BCUT2D eigenvalue weighted by molar-refractivity contribution is -0.115. The van der Waals surface area contributed by atoms with E-state index in [4.69, 9.17) is 16.3 Å². The van der Waals surface area contributed by atoms with Crippen LogP contribution in [0.5, 0.6) is 5.75 Å². The molecule has 0 N–H and O–H groups in total. The van der Waals surface area contributed by atoms with E-state index in [9.17, 15) is 4.79 Å². The van der Waals surface area contributed by atoms with Crippen molar-refractivity contribution in [1.82, 2.24) is 4.90 Å². The Labute approximate surface area is 196 Å². The highest BCUT2D eigenvalue weighted by Crippen LogP contribution is 2.35. The normalized spacial score (nSPS) is 18.4. The summed E-state index contributed by atoms with van der Waals surface area (Å²) in [5.41, 5.74) is 7.98. The third kappa shape index (κ3) is 4.78. The monoisotopic (exact) mass is 449 g/mol. The molecule has 1 aliphatic heterocycles. The highest BCUT2D eigenvalue weighted by Gasteiger charge is 2.28. The van der Waals surface area contributed by atoms with E-state index in [0.717, 1.165) is 25.1 Å². The summed E-state index contributed by atoms with van der Waals surface area (Å²) in [5.74, 6) is 1.82. The van der Waals surface area contributed by atoms with Gasteiger partial charge in [0, 0.05) is 12.5 Å². The SMILES string of the molecule is CC1=C(CN2C=CC2C(=O)Cl)CCc2cc(OCC(C)c3ccc(C(C)C)cc3)ccc21. The van der Waals surface area contributed by atoms with Crippen LogP contribution in [0.15, 0.2) is 60.3 Å². The third-order valence-corrected chi connectivity index (χ3v) is 7.03. The minimum atomic E-state index is -0.311. The van der Waals surface area contributed by atoms with Crippen LogP contribution in [0.4, 0.5) is 0 Å². The molecular formula is C28H32ClNO2. The number of carbonyl (C=O) groups is 1. The van der Waals surface area contributed by atoms with Crippen molar-refractivity contribution in [3.63, 3.8) is 0 Å². The first-order chi connectivity index (χ1) is 15.3. The van der Waals surface area contributed by atoms with Crippen LogP contribution in [-0.2, 0) is 11.2 Å². The molecule has 32 heavy (non-hydrogen) atoms. The summed E-state index contributed by atoms with van der Waals surface area (Å²) in [5, 5.41) is -0.311. The summed E-state index contributed by atoms with van der Waals surface area (Å²) in [4.78, 5) is 13.5. The van der Waals surface area contributed by atoms with E-state index < -0.39 is 0 Å². The van der Waals surface area contributed by atoms with Gasteiger partial charge in [0.15, 0.2) is 0 Å². The van der Waals surface area contributed by atoms with Crippen molar-refractivity contribution in [3.8, 4) is 5.75 Å². The van der Waals surface area contributed by atoms with Crippen LogP contribution in [0.25, 0.3) is 5.57 Å². The molecule has 3 nitrogen and oxygen atoms in total. The second kappa shape index (κ2) is 9.54. The number of aryl methyl sites for hydroxylation is 1.